The van der Waals surface area contributed by atoms with Gasteiger partial charge in [0.15, 0.2) is 0 Å². The summed E-state index contributed by atoms with van der Waals surface area (Å²) in [5, 5.41) is 0.898. The van der Waals surface area contributed by atoms with Crippen LogP contribution in [0.2, 0.25) is 10.0 Å². The van der Waals surface area contributed by atoms with Gasteiger partial charge in [0.25, 0.3) is 0 Å². The fraction of sp³-hybridized carbons (Fsp3) is 0.214. The first-order chi connectivity index (χ1) is 9.60. The van der Waals surface area contributed by atoms with Gasteiger partial charge in [0.2, 0.25) is 0 Å². The topological polar surface area (TPSA) is 39.2 Å². The largest absolute Gasteiger partial charge is 0.380 e. The van der Waals surface area contributed by atoms with Crippen LogP contribution < -0.4 is 0 Å². The zero-order valence-corrected chi connectivity index (χ0v) is 13.1. The summed E-state index contributed by atoms with van der Waals surface area (Å²) in [4.78, 5) is 4.85. The number of benzene rings is 1. The lowest BCUT2D eigenvalue weighted by atomic mass is 10.2. The van der Waals surface area contributed by atoms with Gasteiger partial charge in [-0.3, -0.25) is 9.19 Å². The number of hydrogen-bond donors (Lipinski definition) is 0. The highest BCUT2D eigenvalue weighted by atomic mass is 35.5. The zero-order chi connectivity index (χ0) is 14.5. The first kappa shape index (κ1) is 15.4. The molecule has 0 fully saturated rings. The lowest BCUT2D eigenvalue weighted by Gasteiger charge is -2.05. The molecule has 0 aliphatic carbocycles. The molecule has 3 nitrogen and oxygen atoms in total. The Morgan fingerprint density at radius 3 is 2.55 bits per heavy atom. The molecule has 0 saturated carbocycles. The van der Waals surface area contributed by atoms with Crippen molar-refractivity contribution in [3.8, 4) is 0 Å². The van der Waals surface area contributed by atoms with Crippen molar-refractivity contribution in [1.82, 2.24) is 4.98 Å². The van der Waals surface area contributed by atoms with E-state index in [4.69, 9.17) is 27.9 Å². The Morgan fingerprint density at radius 2 is 1.95 bits per heavy atom. The van der Waals surface area contributed by atoms with Crippen molar-refractivity contribution in [2.75, 3.05) is 7.11 Å². The first-order valence-corrected chi connectivity index (χ1v) is 7.94. The predicted octanol–water partition coefficient (Wildman–Crippen LogP) is 3.84. The van der Waals surface area contributed by atoms with Crippen molar-refractivity contribution in [3.05, 3.63) is 57.8 Å². The Kier molecular flexibility index (Phi) is 5.54. The van der Waals surface area contributed by atoms with Gasteiger partial charge in [-0.2, -0.15) is 0 Å². The molecule has 0 spiro atoms. The standard InChI is InChI=1S/C14H13Cl2NO2S/c1-19-8-10-2-4-12(5-3-10)20(18)9-14-13(16)6-11(15)7-17-14/h2-7H,8-9H2,1H3/t20-/m0/s1. The van der Waals surface area contributed by atoms with Gasteiger partial charge in [0.05, 0.1) is 38.9 Å². The van der Waals surface area contributed by atoms with Crippen LogP contribution in [-0.4, -0.2) is 16.3 Å². The van der Waals surface area contributed by atoms with Crippen LogP contribution >= 0.6 is 23.2 Å². The molecule has 0 N–H and O–H groups in total. The third-order valence-corrected chi connectivity index (χ3v) is 4.52. The molecule has 6 heteroatoms. The molecular formula is C14H13Cl2NO2S. The van der Waals surface area contributed by atoms with Crippen LogP contribution in [0.15, 0.2) is 41.4 Å². The van der Waals surface area contributed by atoms with Gasteiger partial charge in [-0.25, -0.2) is 0 Å². The quantitative estimate of drug-likeness (QED) is 0.836. The van der Waals surface area contributed by atoms with Crippen molar-refractivity contribution in [2.45, 2.75) is 17.3 Å². The highest BCUT2D eigenvalue weighted by molar-refractivity contribution is 7.84. The molecule has 2 rings (SSSR count). The van der Waals surface area contributed by atoms with E-state index < -0.39 is 10.8 Å². The molecule has 1 aromatic heterocycles. The van der Waals surface area contributed by atoms with Crippen LogP contribution in [0.3, 0.4) is 0 Å². The zero-order valence-electron chi connectivity index (χ0n) is 10.8. The van der Waals surface area contributed by atoms with E-state index in [1.54, 1.807) is 13.2 Å². The minimum atomic E-state index is -1.19. The molecule has 0 radical (unpaired) electrons. The van der Waals surface area contributed by atoms with Gasteiger partial charge in [0, 0.05) is 18.2 Å². The highest BCUT2D eigenvalue weighted by Gasteiger charge is 2.10. The second kappa shape index (κ2) is 7.18. The number of aromatic nitrogens is 1. The van der Waals surface area contributed by atoms with Crippen molar-refractivity contribution < 1.29 is 8.95 Å². The number of nitrogens with zero attached hydrogens (tertiary/aromatic N) is 1. The lowest BCUT2D eigenvalue weighted by molar-refractivity contribution is 0.185. The Labute approximate surface area is 130 Å². The van der Waals surface area contributed by atoms with Gasteiger partial charge in [-0.1, -0.05) is 35.3 Å². The maximum Gasteiger partial charge on any atom is 0.0720 e. The lowest BCUT2D eigenvalue weighted by Crippen LogP contribution is -2.00. The minimum absolute atomic E-state index is 0.264. The van der Waals surface area contributed by atoms with Crippen LogP contribution in [0.4, 0.5) is 0 Å². The Morgan fingerprint density at radius 1 is 1.25 bits per heavy atom. The maximum atomic E-state index is 12.3. The summed E-state index contributed by atoms with van der Waals surface area (Å²) < 4.78 is 17.3. The summed E-state index contributed by atoms with van der Waals surface area (Å²) in [6, 6.07) is 9.05. The molecule has 0 unspecified atom stereocenters. The molecule has 2 aromatic rings. The molecule has 0 amide bonds. The molecular weight excluding hydrogens is 317 g/mol. The Bertz CT molecular complexity index is 617. The highest BCUT2D eigenvalue weighted by Crippen LogP contribution is 2.21. The first-order valence-electron chi connectivity index (χ1n) is 5.86. The summed E-state index contributed by atoms with van der Waals surface area (Å²) in [6.45, 7) is 0.539. The Hall–Kier alpha value is -0.940. The molecule has 1 heterocycles. The van der Waals surface area contributed by atoms with Crippen molar-refractivity contribution in [3.63, 3.8) is 0 Å². The van der Waals surface area contributed by atoms with Crippen LogP contribution in [0, 0.1) is 0 Å². The normalized spacial score (nSPS) is 12.3. The van der Waals surface area contributed by atoms with Crippen molar-refractivity contribution in [2.24, 2.45) is 0 Å². The van der Waals surface area contributed by atoms with Gasteiger partial charge < -0.3 is 4.74 Å². The summed E-state index contributed by atoms with van der Waals surface area (Å²) in [7, 11) is 0.445. The number of pyridine rings is 1. The minimum Gasteiger partial charge on any atom is -0.380 e. The fourth-order valence-corrected chi connectivity index (χ4v) is 3.27. The molecule has 106 valence electrons. The van der Waals surface area contributed by atoms with Crippen LogP contribution in [0.1, 0.15) is 11.3 Å². The summed E-state index contributed by atoms with van der Waals surface area (Å²) in [6.07, 6.45) is 1.50. The monoisotopic (exact) mass is 329 g/mol. The number of halogens is 2. The molecule has 0 aliphatic heterocycles. The fourth-order valence-electron chi connectivity index (χ4n) is 1.66. The second-order valence-electron chi connectivity index (χ2n) is 4.15. The predicted molar refractivity (Wildman–Crippen MR) is 81.5 cm³/mol. The number of hydrogen-bond acceptors (Lipinski definition) is 3. The maximum absolute atomic E-state index is 12.3. The summed E-state index contributed by atoms with van der Waals surface area (Å²) in [5.74, 6) is 0.264. The SMILES string of the molecule is COCc1ccc([S@@](=O)Cc2ncc(Cl)cc2Cl)cc1. The van der Waals surface area contributed by atoms with E-state index in [2.05, 4.69) is 4.98 Å². The Balaban J connectivity index is 2.11. The van der Waals surface area contributed by atoms with Gasteiger partial charge in [-0.15, -0.1) is 0 Å². The molecule has 1 atom stereocenters. The van der Waals surface area contributed by atoms with E-state index in [0.29, 0.717) is 22.3 Å². The van der Waals surface area contributed by atoms with Gasteiger partial charge in [0.1, 0.15) is 0 Å². The van der Waals surface area contributed by atoms with E-state index in [1.807, 2.05) is 24.3 Å². The van der Waals surface area contributed by atoms with E-state index in [9.17, 15) is 4.21 Å². The summed E-state index contributed by atoms with van der Waals surface area (Å²) in [5.41, 5.74) is 1.62. The average Bonchev–Trinajstić information content (AvgIpc) is 2.43. The average molecular weight is 330 g/mol. The van der Waals surface area contributed by atoms with Crippen molar-refractivity contribution >= 4 is 34.0 Å². The van der Waals surface area contributed by atoms with E-state index in [1.165, 1.54) is 6.20 Å². The number of ether oxygens (including phenoxy) is 1. The third-order valence-electron chi connectivity index (χ3n) is 2.65. The second-order valence-corrected chi connectivity index (χ2v) is 6.44. The van der Waals surface area contributed by atoms with Crippen LogP contribution in [0.25, 0.3) is 0 Å². The summed E-state index contributed by atoms with van der Waals surface area (Å²) >= 11 is 11.8. The van der Waals surface area contributed by atoms with Gasteiger partial charge in [-0.05, 0) is 23.8 Å². The van der Waals surface area contributed by atoms with E-state index in [0.717, 1.165) is 10.5 Å². The number of rotatable bonds is 5. The molecule has 0 saturated heterocycles. The number of methoxy groups -OCH3 is 1. The molecule has 0 aliphatic rings. The van der Waals surface area contributed by atoms with E-state index in [-0.39, 0.29) is 5.75 Å². The third kappa shape index (κ3) is 4.03. The van der Waals surface area contributed by atoms with E-state index >= 15 is 0 Å². The van der Waals surface area contributed by atoms with Crippen molar-refractivity contribution in [1.29, 1.82) is 0 Å². The molecule has 20 heavy (non-hydrogen) atoms. The van der Waals surface area contributed by atoms with Crippen LogP contribution in [-0.2, 0) is 27.9 Å². The molecule has 1 aromatic carbocycles. The van der Waals surface area contributed by atoms with Gasteiger partial charge >= 0.3 is 0 Å². The smallest absolute Gasteiger partial charge is 0.0720 e. The molecule has 0 bridgehead atoms. The van der Waals surface area contributed by atoms with Crippen LogP contribution in [0.5, 0.6) is 0 Å².